The minimum Gasteiger partial charge on any atom is -0.375 e. The maximum absolute atomic E-state index is 12.5. The average Bonchev–Trinajstić information content (AvgIpc) is 2.60. The summed E-state index contributed by atoms with van der Waals surface area (Å²) < 4.78 is 4.90. The lowest BCUT2D eigenvalue weighted by Crippen LogP contribution is -2.61. The molecule has 1 spiro atoms. The van der Waals surface area contributed by atoms with Crippen molar-refractivity contribution in [3.05, 3.63) is 0 Å². The number of carbonyl (C=O) groups is 2. The third kappa shape index (κ3) is 3.85. The van der Waals surface area contributed by atoms with Crippen LogP contribution < -0.4 is 10.6 Å². The number of urea groups is 1. The molecule has 136 valence electrons. The molecule has 2 N–H and O–H groups in total. The van der Waals surface area contributed by atoms with Crippen molar-refractivity contribution in [2.24, 2.45) is 5.41 Å². The largest absolute Gasteiger partial charge is 0.375 e. The molecule has 1 aliphatic heterocycles. The summed E-state index contributed by atoms with van der Waals surface area (Å²) in [7, 11) is 1.54. The molecule has 1 saturated heterocycles. The topological polar surface area (TPSA) is 70.7 Å². The zero-order chi connectivity index (χ0) is 17.0. The molecule has 0 radical (unpaired) electrons. The van der Waals surface area contributed by atoms with Crippen molar-refractivity contribution >= 4 is 11.9 Å². The molecule has 6 nitrogen and oxygen atoms in total. The van der Waals surface area contributed by atoms with Crippen LogP contribution in [0, 0.1) is 5.41 Å². The molecule has 0 aromatic carbocycles. The van der Waals surface area contributed by atoms with Gasteiger partial charge >= 0.3 is 6.03 Å². The molecule has 0 bridgehead atoms. The maximum Gasteiger partial charge on any atom is 0.317 e. The summed E-state index contributed by atoms with van der Waals surface area (Å²) in [6, 6.07) is 0.728. The van der Waals surface area contributed by atoms with Gasteiger partial charge in [0, 0.05) is 32.3 Å². The number of hydrogen-bond acceptors (Lipinski definition) is 3. The van der Waals surface area contributed by atoms with Crippen molar-refractivity contribution in [2.45, 2.75) is 69.9 Å². The highest BCUT2D eigenvalue weighted by Crippen LogP contribution is 2.49. The lowest BCUT2D eigenvalue weighted by atomic mass is 9.59. The molecule has 3 aliphatic rings. The van der Waals surface area contributed by atoms with Crippen LogP contribution in [0.3, 0.4) is 0 Å². The van der Waals surface area contributed by atoms with Crippen LogP contribution in [0.15, 0.2) is 0 Å². The standard InChI is InChI=1S/C18H31N3O3/c1-24-13-16(22)20-15-7-8-18(15)9-11-21(12-10-18)17(23)19-14-5-3-2-4-6-14/h14-15H,2-13H2,1H3,(H,19,23)(H,20,22). The van der Waals surface area contributed by atoms with Crippen LogP contribution in [0.1, 0.15) is 57.8 Å². The van der Waals surface area contributed by atoms with Gasteiger partial charge in [-0.3, -0.25) is 4.79 Å². The van der Waals surface area contributed by atoms with E-state index in [1.54, 1.807) is 7.11 Å². The van der Waals surface area contributed by atoms with Crippen molar-refractivity contribution < 1.29 is 14.3 Å². The molecule has 2 saturated carbocycles. The molecule has 6 heteroatoms. The van der Waals surface area contributed by atoms with Gasteiger partial charge in [0.25, 0.3) is 0 Å². The molecule has 1 heterocycles. The number of methoxy groups -OCH3 is 1. The van der Waals surface area contributed by atoms with E-state index >= 15 is 0 Å². The van der Waals surface area contributed by atoms with Gasteiger partial charge in [-0.05, 0) is 43.9 Å². The van der Waals surface area contributed by atoms with E-state index in [2.05, 4.69) is 10.6 Å². The van der Waals surface area contributed by atoms with Crippen molar-refractivity contribution in [3.8, 4) is 0 Å². The number of amides is 3. The Hall–Kier alpha value is -1.30. The van der Waals surface area contributed by atoms with E-state index in [0.717, 1.165) is 51.6 Å². The number of hydrogen-bond donors (Lipinski definition) is 2. The molecular weight excluding hydrogens is 306 g/mol. The molecule has 0 aromatic heterocycles. The van der Waals surface area contributed by atoms with Crippen LogP contribution in [-0.4, -0.2) is 55.7 Å². The van der Waals surface area contributed by atoms with Crippen molar-refractivity contribution in [1.82, 2.24) is 15.5 Å². The Balaban J connectivity index is 1.45. The molecule has 3 fully saturated rings. The zero-order valence-corrected chi connectivity index (χ0v) is 14.8. The highest BCUT2D eigenvalue weighted by Gasteiger charge is 2.49. The molecule has 1 atom stereocenters. The van der Waals surface area contributed by atoms with Crippen LogP contribution in [-0.2, 0) is 9.53 Å². The predicted octanol–water partition coefficient (Wildman–Crippen LogP) is 2.04. The fraction of sp³-hybridized carbons (Fsp3) is 0.889. The summed E-state index contributed by atoms with van der Waals surface area (Å²) in [6.45, 7) is 1.73. The first-order chi connectivity index (χ1) is 11.6. The summed E-state index contributed by atoms with van der Waals surface area (Å²) in [6.07, 6.45) is 10.2. The van der Waals surface area contributed by atoms with E-state index in [1.165, 1.54) is 19.3 Å². The molecule has 1 unspecified atom stereocenters. The number of likely N-dealkylation sites (tertiary alicyclic amines) is 1. The summed E-state index contributed by atoms with van der Waals surface area (Å²) in [4.78, 5) is 26.2. The smallest absolute Gasteiger partial charge is 0.317 e. The Morgan fingerprint density at radius 2 is 1.75 bits per heavy atom. The number of ether oxygens (including phenoxy) is 1. The Bertz CT molecular complexity index is 454. The Labute approximate surface area is 144 Å². The lowest BCUT2D eigenvalue weighted by molar-refractivity contribution is -0.129. The van der Waals surface area contributed by atoms with E-state index in [1.807, 2.05) is 4.90 Å². The summed E-state index contributed by atoms with van der Waals surface area (Å²) in [5.74, 6) is -0.0287. The number of nitrogens with one attached hydrogen (secondary N) is 2. The van der Waals surface area contributed by atoms with E-state index in [0.29, 0.717) is 6.04 Å². The van der Waals surface area contributed by atoms with Crippen LogP contribution in [0.5, 0.6) is 0 Å². The van der Waals surface area contributed by atoms with Crippen LogP contribution in [0.25, 0.3) is 0 Å². The summed E-state index contributed by atoms with van der Waals surface area (Å²) in [5.41, 5.74) is 0.199. The van der Waals surface area contributed by atoms with Crippen molar-refractivity contribution in [2.75, 3.05) is 26.8 Å². The second-order valence-corrected chi connectivity index (χ2v) is 7.73. The second-order valence-electron chi connectivity index (χ2n) is 7.73. The first-order valence-corrected chi connectivity index (χ1v) is 9.47. The predicted molar refractivity (Wildman–Crippen MR) is 91.7 cm³/mol. The van der Waals surface area contributed by atoms with Crippen molar-refractivity contribution in [1.29, 1.82) is 0 Å². The number of carbonyl (C=O) groups excluding carboxylic acids is 2. The number of piperidine rings is 1. The van der Waals surface area contributed by atoms with E-state index in [4.69, 9.17) is 4.74 Å². The van der Waals surface area contributed by atoms with Crippen LogP contribution in [0.2, 0.25) is 0 Å². The first-order valence-electron chi connectivity index (χ1n) is 9.47. The highest BCUT2D eigenvalue weighted by molar-refractivity contribution is 5.77. The molecule has 3 amide bonds. The molecule has 24 heavy (non-hydrogen) atoms. The third-order valence-corrected chi connectivity index (χ3v) is 6.26. The van der Waals surface area contributed by atoms with Gasteiger partial charge in [-0.2, -0.15) is 0 Å². The molecule has 0 aromatic rings. The summed E-state index contributed by atoms with van der Waals surface area (Å²) >= 11 is 0. The SMILES string of the molecule is COCC(=O)NC1CCC12CCN(C(=O)NC1CCCCC1)CC2. The van der Waals surface area contributed by atoms with Gasteiger partial charge in [0.05, 0.1) is 0 Å². The van der Waals surface area contributed by atoms with E-state index < -0.39 is 0 Å². The highest BCUT2D eigenvalue weighted by atomic mass is 16.5. The maximum atomic E-state index is 12.5. The van der Waals surface area contributed by atoms with Gasteiger partial charge in [-0.1, -0.05) is 19.3 Å². The van der Waals surface area contributed by atoms with Crippen molar-refractivity contribution in [3.63, 3.8) is 0 Å². The van der Waals surface area contributed by atoms with Gasteiger partial charge in [0.1, 0.15) is 6.61 Å². The van der Waals surface area contributed by atoms with Crippen LogP contribution in [0.4, 0.5) is 4.79 Å². The minimum atomic E-state index is -0.0287. The van der Waals surface area contributed by atoms with Gasteiger partial charge < -0.3 is 20.3 Å². The molecular formula is C18H31N3O3. The lowest BCUT2D eigenvalue weighted by Gasteiger charge is -2.54. The van der Waals surface area contributed by atoms with Crippen LogP contribution >= 0.6 is 0 Å². The minimum absolute atomic E-state index is 0.0287. The first kappa shape index (κ1) is 17.5. The summed E-state index contributed by atoms with van der Waals surface area (Å²) in [5, 5.41) is 6.32. The van der Waals surface area contributed by atoms with E-state index in [9.17, 15) is 9.59 Å². The van der Waals surface area contributed by atoms with Gasteiger partial charge in [-0.15, -0.1) is 0 Å². The Kier molecular flexibility index (Phi) is 5.64. The van der Waals surface area contributed by atoms with Gasteiger partial charge in [0.15, 0.2) is 0 Å². The molecule has 3 rings (SSSR count). The number of rotatable bonds is 4. The third-order valence-electron chi connectivity index (χ3n) is 6.26. The van der Waals surface area contributed by atoms with Gasteiger partial charge in [-0.25, -0.2) is 4.79 Å². The molecule has 2 aliphatic carbocycles. The normalized spacial score (nSPS) is 26.7. The fourth-order valence-corrected chi connectivity index (χ4v) is 4.56. The number of nitrogens with zero attached hydrogens (tertiary/aromatic N) is 1. The van der Waals surface area contributed by atoms with E-state index in [-0.39, 0.29) is 30.0 Å². The average molecular weight is 337 g/mol. The monoisotopic (exact) mass is 337 g/mol. The Morgan fingerprint density at radius 3 is 2.33 bits per heavy atom. The Morgan fingerprint density at radius 1 is 1.04 bits per heavy atom. The zero-order valence-electron chi connectivity index (χ0n) is 14.8. The second kappa shape index (κ2) is 7.72. The van der Waals surface area contributed by atoms with Gasteiger partial charge in [0.2, 0.25) is 5.91 Å². The quantitative estimate of drug-likeness (QED) is 0.825. The fourth-order valence-electron chi connectivity index (χ4n) is 4.56.